The van der Waals surface area contributed by atoms with E-state index in [9.17, 15) is 4.79 Å². The van der Waals surface area contributed by atoms with Crippen molar-refractivity contribution in [1.82, 2.24) is 0 Å². The predicted octanol–water partition coefficient (Wildman–Crippen LogP) is 2.07. The van der Waals surface area contributed by atoms with Crippen molar-refractivity contribution >= 4 is 6.29 Å². The highest BCUT2D eigenvalue weighted by molar-refractivity contribution is 5.65. The molecule has 0 N–H and O–H groups in total. The maximum Gasteiger partial charge on any atom is 0.152 e. The van der Waals surface area contributed by atoms with E-state index in [1.54, 1.807) is 7.11 Å². The Morgan fingerprint density at radius 3 is 2.93 bits per heavy atom. The summed E-state index contributed by atoms with van der Waals surface area (Å²) in [5.41, 5.74) is 3.33. The Bertz CT molecular complexity index is 384. The molecule has 0 amide bonds. The van der Waals surface area contributed by atoms with Crippen LogP contribution in [0.1, 0.15) is 23.1 Å². The number of ether oxygens (including phenoxy) is 1. The fraction of sp³-hybridized carbons (Fsp3) is 0.462. The fourth-order valence-electron chi connectivity index (χ4n) is 2.31. The van der Waals surface area contributed by atoms with Crippen LogP contribution < -0.4 is 0 Å². The summed E-state index contributed by atoms with van der Waals surface area (Å²) in [7, 11) is 1.62. The van der Waals surface area contributed by atoms with Gasteiger partial charge in [-0.1, -0.05) is 18.2 Å². The van der Waals surface area contributed by atoms with Gasteiger partial charge in [0.1, 0.15) is 5.60 Å². The van der Waals surface area contributed by atoms with E-state index in [0.29, 0.717) is 0 Å². The number of rotatable bonds is 2. The Balaban J connectivity index is 2.40. The summed E-state index contributed by atoms with van der Waals surface area (Å²) in [6.07, 6.45) is 3.41. The van der Waals surface area contributed by atoms with E-state index in [-0.39, 0.29) is 0 Å². The minimum atomic E-state index is -0.584. The molecular weight excluding hydrogens is 188 g/mol. The van der Waals surface area contributed by atoms with Crippen LogP contribution in [-0.4, -0.2) is 19.0 Å². The van der Waals surface area contributed by atoms with Gasteiger partial charge in [-0.3, -0.25) is 0 Å². The summed E-state index contributed by atoms with van der Waals surface area (Å²) in [6, 6.07) is 6.32. The van der Waals surface area contributed by atoms with Gasteiger partial charge in [0.15, 0.2) is 6.29 Å². The average molecular weight is 204 g/mol. The van der Waals surface area contributed by atoms with Crippen LogP contribution in [0, 0.1) is 6.92 Å². The van der Waals surface area contributed by atoms with Gasteiger partial charge < -0.3 is 9.53 Å². The number of carbonyl (C=O) groups is 1. The molecule has 0 radical (unpaired) electrons. The molecule has 0 heterocycles. The van der Waals surface area contributed by atoms with Crippen molar-refractivity contribution in [3.63, 3.8) is 0 Å². The lowest BCUT2D eigenvalue weighted by Gasteiger charge is -2.33. The van der Waals surface area contributed by atoms with Crippen LogP contribution in [0.4, 0.5) is 0 Å². The Morgan fingerprint density at radius 2 is 2.27 bits per heavy atom. The number of fused-ring (bicyclic) bond motifs is 1. The lowest BCUT2D eigenvalue weighted by molar-refractivity contribution is -0.128. The van der Waals surface area contributed by atoms with Crippen LogP contribution in [0.5, 0.6) is 0 Å². The van der Waals surface area contributed by atoms with Gasteiger partial charge in [-0.05, 0) is 36.5 Å². The minimum absolute atomic E-state index is 0.584. The lowest BCUT2D eigenvalue weighted by Crippen LogP contribution is -2.39. The molecule has 0 aromatic heterocycles. The second-order valence-electron chi connectivity index (χ2n) is 4.28. The second kappa shape index (κ2) is 3.78. The van der Waals surface area contributed by atoms with E-state index in [0.717, 1.165) is 25.5 Å². The van der Waals surface area contributed by atoms with E-state index in [2.05, 4.69) is 25.1 Å². The quantitative estimate of drug-likeness (QED) is 0.689. The number of methoxy groups -OCH3 is 1. The fourth-order valence-corrected chi connectivity index (χ4v) is 2.31. The highest BCUT2D eigenvalue weighted by Crippen LogP contribution is 2.31. The SMILES string of the molecule is COC1(C=O)CCc2cccc(C)c2C1. The Morgan fingerprint density at radius 1 is 1.47 bits per heavy atom. The molecule has 1 unspecified atom stereocenters. The number of hydrogen-bond donors (Lipinski definition) is 0. The molecule has 2 heteroatoms. The van der Waals surface area contributed by atoms with E-state index < -0.39 is 5.60 Å². The first-order valence-corrected chi connectivity index (χ1v) is 5.29. The maximum absolute atomic E-state index is 11.1. The van der Waals surface area contributed by atoms with E-state index >= 15 is 0 Å². The molecule has 15 heavy (non-hydrogen) atoms. The van der Waals surface area contributed by atoms with Gasteiger partial charge in [0, 0.05) is 13.5 Å². The predicted molar refractivity (Wildman–Crippen MR) is 59.0 cm³/mol. The van der Waals surface area contributed by atoms with Crippen molar-refractivity contribution in [2.24, 2.45) is 0 Å². The lowest BCUT2D eigenvalue weighted by atomic mass is 9.79. The molecule has 1 aliphatic rings. The summed E-state index contributed by atoms with van der Waals surface area (Å²) >= 11 is 0. The minimum Gasteiger partial charge on any atom is -0.370 e. The van der Waals surface area contributed by atoms with Crippen molar-refractivity contribution in [3.05, 3.63) is 34.9 Å². The Hall–Kier alpha value is -1.15. The van der Waals surface area contributed by atoms with Gasteiger partial charge in [0.25, 0.3) is 0 Å². The van der Waals surface area contributed by atoms with Gasteiger partial charge >= 0.3 is 0 Å². The summed E-state index contributed by atoms with van der Waals surface area (Å²) in [5.74, 6) is 0. The first-order chi connectivity index (χ1) is 7.21. The topological polar surface area (TPSA) is 26.3 Å². The monoisotopic (exact) mass is 204 g/mol. The molecule has 80 valence electrons. The van der Waals surface area contributed by atoms with Crippen LogP contribution in [0.15, 0.2) is 18.2 Å². The number of hydrogen-bond acceptors (Lipinski definition) is 2. The van der Waals surface area contributed by atoms with Crippen molar-refractivity contribution in [3.8, 4) is 0 Å². The number of benzene rings is 1. The molecular formula is C13H16O2. The zero-order chi connectivity index (χ0) is 10.9. The third kappa shape index (κ3) is 1.70. The molecule has 1 atom stereocenters. The normalized spacial score (nSPS) is 24.7. The summed E-state index contributed by atoms with van der Waals surface area (Å²) < 4.78 is 5.37. The maximum atomic E-state index is 11.1. The van der Waals surface area contributed by atoms with Gasteiger partial charge in [0.05, 0.1) is 0 Å². The number of carbonyl (C=O) groups excluding carboxylic acids is 1. The first-order valence-electron chi connectivity index (χ1n) is 5.29. The molecule has 1 aromatic rings. The number of aldehydes is 1. The van der Waals surface area contributed by atoms with E-state index in [1.165, 1.54) is 16.7 Å². The molecule has 0 saturated heterocycles. The average Bonchev–Trinajstić information content (AvgIpc) is 2.29. The highest BCUT2D eigenvalue weighted by atomic mass is 16.5. The van der Waals surface area contributed by atoms with Crippen molar-refractivity contribution < 1.29 is 9.53 Å². The Labute approximate surface area is 90.3 Å². The molecule has 0 saturated carbocycles. The smallest absolute Gasteiger partial charge is 0.152 e. The molecule has 0 spiro atoms. The van der Waals surface area contributed by atoms with Crippen LogP contribution in [-0.2, 0) is 22.4 Å². The largest absolute Gasteiger partial charge is 0.370 e. The van der Waals surface area contributed by atoms with Crippen LogP contribution in [0.2, 0.25) is 0 Å². The number of aryl methyl sites for hydroxylation is 2. The molecule has 0 bridgehead atoms. The second-order valence-corrected chi connectivity index (χ2v) is 4.28. The third-order valence-corrected chi connectivity index (χ3v) is 3.42. The first kappa shape index (κ1) is 10.4. The standard InChI is InChI=1S/C13H16O2/c1-10-4-3-5-11-6-7-13(9-14,15-2)8-12(10)11/h3-5,9H,6-8H2,1-2H3. The van der Waals surface area contributed by atoms with Crippen molar-refractivity contribution in [2.45, 2.75) is 31.8 Å². The van der Waals surface area contributed by atoms with Crippen molar-refractivity contribution in [2.75, 3.05) is 7.11 Å². The molecule has 0 aliphatic heterocycles. The Kier molecular flexibility index (Phi) is 2.61. The molecule has 1 aromatic carbocycles. The van der Waals surface area contributed by atoms with Crippen molar-refractivity contribution in [1.29, 1.82) is 0 Å². The zero-order valence-electron chi connectivity index (χ0n) is 9.25. The van der Waals surface area contributed by atoms with Gasteiger partial charge in [-0.15, -0.1) is 0 Å². The van der Waals surface area contributed by atoms with Crippen LogP contribution in [0.3, 0.4) is 0 Å². The van der Waals surface area contributed by atoms with E-state index in [4.69, 9.17) is 4.74 Å². The summed E-state index contributed by atoms with van der Waals surface area (Å²) in [4.78, 5) is 11.1. The van der Waals surface area contributed by atoms with Gasteiger partial charge in [-0.2, -0.15) is 0 Å². The zero-order valence-corrected chi connectivity index (χ0v) is 9.25. The van der Waals surface area contributed by atoms with Gasteiger partial charge in [0.2, 0.25) is 0 Å². The molecule has 1 aliphatic carbocycles. The molecule has 2 nitrogen and oxygen atoms in total. The van der Waals surface area contributed by atoms with Gasteiger partial charge in [-0.25, -0.2) is 0 Å². The summed E-state index contributed by atoms with van der Waals surface area (Å²) in [6.45, 7) is 2.09. The summed E-state index contributed by atoms with van der Waals surface area (Å²) in [5, 5.41) is 0. The molecule has 2 rings (SSSR count). The van der Waals surface area contributed by atoms with Crippen LogP contribution in [0.25, 0.3) is 0 Å². The molecule has 0 fully saturated rings. The third-order valence-electron chi connectivity index (χ3n) is 3.42. The van der Waals surface area contributed by atoms with E-state index in [1.807, 2.05) is 0 Å². The van der Waals surface area contributed by atoms with Crippen LogP contribution >= 0.6 is 0 Å². The highest BCUT2D eigenvalue weighted by Gasteiger charge is 2.34.